The van der Waals surface area contributed by atoms with E-state index in [0.717, 1.165) is 0 Å². The van der Waals surface area contributed by atoms with Crippen LogP contribution in [0.15, 0.2) is 0 Å². The van der Waals surface area contributed by atoms with Gasteiger partial charge in [0, 0.05) is 6.54 Å². The van der Waals surface area contributed by atoms with Gasteiger partial charge in [-0.05, 0) is 18.8 Å². The largest absolute Gasteiger partial charge is 0.354 e. The minimum Gasteiger partial charge on any atom is -0.354 e. The van der Waals surface area contributed by atoms with Crippen molar-refractivity contribution in [1.29, 1.82) is 5.26 Å². The first-order valence-corrected chi connectivity index (χ1v) is 6.27. The van der Waals surface area contributed by atoms with Crippen molar-refractivity contribution < 1.29 is 9.59 Å². The van der Waals surface area contributed by atoms with Gasteiger partial charge in [-0.3, -0.25) is 9.59 Å². The molecule has 0 radical (unpaired) electrons. The van der Waals surface area contributed by atoms with E-state index in [2.05, 4.69) is 10.6 Å². The monoisotopic (exact) mass is 253 g/mol. The Morgan fingerprint density at radius 2 is 1.67 bits per heavy atom. The molecule has 0 saturated carbocycles. The van der Waals surface area contributed by atoms with E-state index in [0.29, 0.717) is 12.5 Å². The lowest BCUT2D eigenvalue weighted by molar-refractivity contribution is -0.130. The topological polar surface area (TPSA) is 82.0 Å². The molecular formula is C13H23N3O2. The summed E-state index contributed by atoms with van der Waals surface area (Å²) in [5.41, 5.74) is 0. The van der Waals surface area contributed by atoms with E-state index in [4.69, 9.17) is 5.26 Å². The lowest BCUT2D eigenvalue weighted by Crippen LogP contribution is -2.47. The molecule has 0 spiro atoms. The van der Waals surface area contributed by atoms with Gasteiger partial charge >= 0.3 is 0 Å². The quantitative estimate of drug-likeness (QED) is 0.742. The van der Waals surface area contributed by atoms with Gasteiger partial charge in [-0.25, -0.2) is 0 Å². The first-order valence-electron chi connectivity index (χ1n) is 6.27. The minimum absolute atomic E-state index is 0.0686. The first kappa shape index (κ1) is 16.4. The summed E-state index contributed by atoms with van der Waals surface area (Å²) in [5.74, 6) is -1.04. The molecule has 0 rings (SSSR count). The highest BCUT2D eigenvalue weighted by Crippen LogP contribution is 2.09. The molecule has 0 aromatic rings. The lowest BCUT2D eigenvalue weighted by Gasteiger charge is -2.18. The highest BCUT2D eigenvalue weighted by molar-refractivity contribution is 5.89. The summed E-state index contributed by atoms with van der Waals surface area (Å²) in [6, 6.07) is 1.33. The molecule has 18 heavy (non-hydrogen) atoms. The lowest BCUT2D eigenvalue weighted by atomic mass is 9.96. The Morgan fingerprint density at radius 3 is 2.06 bits per heavy atom. The molecular weight excluding hydrogens is 230 g/mol. The smallest absolute Gasteiger partial charge is 0.242 e. The van der Waals surface area contributed by atoms with Crippen molar-refractivity contribution in [3.05, 3.63) is 0 Å². The summed E-state index contributed by atoms with van der Waals surface area (Å²) in [7, 11) is 0. The average molecular weight is 253 g/mol. The van der Waals surface area contributed by atoms with Crippen molar-refractivity contribution in [2.75, 3.05) is 6.54 Å². The summed E-state index contributed by atoms with van der Waals surface area (Å²) in [4.78, 5) is 23.4. The standard InChI is InChI=1S/C13H23N3O2/c1-8(2)7-15-12(17)10(5)16-13(18)11(6-14)9(3)4/h8-11H,7H2,1-5H3,(H,15,17)(H,16,18). The van der Waals surface area contributed by atoms with Crippen LogP contribution in [0, 0.1) is 29.1 Å². The molecule has 0 fully saturated rings. The second kappa shape index (κ2) is 7.70. The molecule has 102 valence electrons. The maximum atomic E-state index is 11.8. The maximum Gasteiger partial charge on any atom is 0.242 e. The van der Waals surface area contributed by atoms with Gasteiger partial charge in [-0.1, -0.05) is 27.7 Å². The van der Waals surface area contributed by atoms with E-state index in [1.165, 1.54) is 0 Å². The van der Waals surface area contributed by atoms with Gasteiger partial charge in [-0.15, -0.1) is 0 Å². The van der Waals surface area contributed by atoms with Crippen LogP contribution in [0.3, 0.4) is 0 Å². The Labute approximate surface area is 109 Å². The zero-order valence-electron chi connectivity index (χ0n) is 11.8. The third-order valence-electron chi connectivity index (χ3n) is 2.52. The third kappa shape index (κ3) is 5.67. The number of carbonyl (C=O) groups excluding carboxylic acids is 2. The molecule has 5 nitrogen and oxygen atoms in total. The highest BCUT2D eigenvalue weighted by Gasteiger charge is 2.24. The predicted octanol–water partition coefficient (Wildman–Crippen LogP) is 1.06. The molecule has 0 aromatic carbocycles. The van der Waals surface area contributed by atoms with Crippen LogP contribution in [0.4, 0.5) is 0 Å². The summed E-state index contributed by atoms with van der Waals surface area (Å²) >= 11 is 0. The van der Waals surface area contributed by atoms with Crippen LogP contribution in [-0.4, -0.2) is 24.4 Å². The molecule has 0 aliphatic carbocycles. The van der Waals surface area contributed by atoms with E-state index >= 15 is 0 Å². The van der Waals surface area contributed by atoms with Crippen LogP contribution < -0.4 is 10.6 Å². The van der Waals surface area contributed by atoms with Crippen LogP contribution >= 0.6 is 0 Å². The number of carbonyl (C=O) groups is 2. The number of nitriles is 1. The average Bonchev–Trinajstić information content (AvgIpc) is 2.25. The van der Waals surface area contributed by atoms with E-state index in [1.54, 1.807) is 20.8 Å². The summed E-state index contributed by atoms with van der Waals surface area (Å²) in [5, 5.41) is 14.2. The number of rotatable bonds is 6. The Morgan fingerprint density at radius 1 is 1.11 bits per heavy atom. The summed E-state index contributed by atoms with van der Waals surface area (Å²) in [6.07, 6.45) is 0. The number of nitrogens with one attached hydrogen (secondary N) is 2. The van der Waals surface area contributed by atoms with Crippen molar-refractivity contribution in [3.8, 4) is 6.07 Å². The van der Waals surface area contributed by atoms with Crippen LogP contribution in [0.5, 0.6) is 0 Å². The van der Waals surface area contributed by atoms with Gasteiger partial charge in [0.15, 0.2) is 0 Å². The van der Waals surface area contributed by atoms with Crippen molar-refractivity contribution in [2.24, 2.45) is 17.8 Å². The van der Waals surface area contributed by atoms with Crippen molar-refractivity contribution in [1.82, 2.24) is 10.6 Å². The Kier molecular flexibility index (Phi) is 7.03. The maximum absolute atomic E-state index is 11.8. The van der Waals surface area contributed by atoms with Crippen LogP contribution in [0.2, 0.25) is 0 Å². The number of amides is 2. The number of nitrogens with zero attached hydrogens (tertiary/aromatic N) is 1. The molecule has 0 aliphatic rings. The van der Waals surface area contributed by atoms with Gasteiger partial charge in [0.05, 0.1) is 6.07 Å². The van der Waals surface area contributed by atoms with Crippen molar-refractivity contribution >= 4 is 11.8 Å². The third-order valence-corrected chi connectivity index (χ3v) is 2.52. The van der Waals surface area contributed by atoms with Crippen LogP contribution in [-0.2, 0) is 9.59 Å². The van der Waals surface area contributed by atoms with E-state index in [-0.39, 0.29) is 17.7 Å². The molecule has 2 N–H and O–H groups in total. The minimum atomic E-state index is -0.717. The Bertz CT molecular complexity index is 332. The Hall–Kier alpha value is -1.57. The van der Waals surface area contributed by atoms with Gasteiger partial charge in [0.2, 0.25) is 11.8 Å². The van der Waals surface area contributed by atoms with Crippen molar-refractivity contribution in [2.45, 2.75) is 40.7 Å². The predicted molar refractivity (Wildman–Crippen MR) is 69.4 cm³/mol. The zero-order chi connectivity index (χ0) is 14.3. The van der Waals surface area contributed by atoms with Crippen LogP contribution in [0.1, 0.15) is 34.6 Å². The van der Waals surface area contributed by atoms with E-state index in [1.807, 2.05) is 19.9 Å². The molecule has 0 bridgehead atoms. The number of hydrogen-bond acceptors (Lipinski definition) is 3. The summed E-state index contributed by atoms with van der Waals surface area (Å²) < 4.78 is 0. The van der Waals surface area contributed by atoms with Crippen molar-refractivity contribution in [3.63, 3.8) is 0 Å². The van der Waals surface area contributed by atoms with Crippen LogP contribution in [0.25, 0.3) is 0 Å². The summed E-state index contributed by atoms with van der Waals surface area (Å²) in [6.45, 7) is 9.78. The van der Waals surface area contributed by atoms with Gasteiger partial charge in [0.1, 0.15) is 12.0 Å². The fourth-order valence-corrected chi connectivity index (χ4v) is 1.34. The van der Waals surface area contributed by atoms with E-state index < -0.39 is 12.0 Å². The van der Waals surface area contributed by atoms with Gasteiger partial charge in [0.25, 0.3) is 0 Å². The fourth-order valence-electron chi connectivity index (χ4n) is 1.34. The molecule has 0 saturated heterocycles. The Balaban J connectivity index is 4.30. The van der Waals surface area contributed by atoms with Gasteiger partial charge in [-0.2, -0.15) is 5.26 Å². The molecule has 2 amide bonds. The molecule has 0 aliphatic heterocycles. The molecule has 5 heteroatoms. The molecule has 2 atom stereocenters. The second-order valence-corrected chi connectivity index (χ2v) is 5.22. The molecule has 2 unspecified atom stereocenters. The highest BCUT2D eigenvalue weighted by atomic mass is 16.2. The zero-order valence-corrected chi connectivity index (χ0v) is 11.8. The van der Waals surface area contributed by atoms with Gasteiger partial charge < -0.3 is 10.6 Å². The molecule has 0 heterocycles. The van der Waals surface area contributed by atoms with E-state index in [9.17, 15) is 9.59 Å². The first-order chi connectivity index (χ1) is 8.29. The SMILES string of the molecule is CC(C)CNC(=O)C(C)NC(=O)C(C#N)C(C)C. The second-order valence-electron chi connectivity index (χ2n) is 5.22. The number of hydrogen-bond donors (Lipinski definition) is 2. The normalized spacial score (nSPS) is 13.9. The fraction of sp³-hybridized carbons (Fsp3) is 0.769. The molecule has 0 aromatic heterocycles.